The second-order valence-electron chi connectivity index (χ2n) is 5.05. The average molecular weight is 273 g/mol. The van der Waals surface area contributed by atoms with Gasteiger partial charge >= 0.3 is 0 Å². The monoisotopic (exact) mass is 273 g/mol. The Morgan fingerprint density at radius 2 is 2.05 bits per heavy atom. The van der Waals surface area contributed by atoms with Gasteiger partial charge < -0.3 is 5.11 Å². The fourth-order valence-corrected chi connectivity index (χ4v) is 2.71. The Morgan fingerprint density at radius 1 is 1.25 bits per heavy atom. The lowest BCUT2D eigenvalue weighted by molar-refractivity contribution is 0.171. The van der Waals surface area contributed by atoms with Crippen molar-refractivity contribution in [1.82, 2.24) is 14.9 Å². The molecule has 0 bridgehead atoms. The zero-order chi connectivity index (χ0) is 13.9. The van der Waals surface area contributed by atoms with Crippen LogP contribution in [0.25, 0.3) is 0 Å². The van der Waals surface area contributed by atoms with Gasteiger partial charge in [0.2, 0.25) is 0 Å². The second-order valence-corrected chi connectivity index (χ2v) is 5.05. The van der Waals surface area contributed by atoms with Crippen LogP contribution < -0.4 is 0 Å². The van der Waals surface area contributed by atoms with Crippen molar-refractivity contribution in [3.63, 3.8) is 0 Å². The van der Waals surface area contributed by atoms with E-state index in [0.29, 0.717) is 25.3 Å². The van der Waals surface area contributed by atoms with Crippen LogP contribution in [0.3, 0.4) is 0 Å². The van der Waals surface area contributed by atoms with Gasteiger partial charge in [-0.25, -0.2) is 14.4 Å². The average Bonchev–Trinajstić information content (AvgIpc) is 2.81. The van der Waals surface area contributed by atoms with Gasteiger partial charge in [-0.1, -0.05) is 12.1 Å². The second kappa shape index (κ2) is 5.64. The van der Waals surface area contributed by atoms with Crippen LogP contribution in [0, 0.1) is 5.82 Å². The third kappa shape index (κ3) is 2.84. The molecule has 0 unspecified atom stereocenters. The highest BCUT2D eigenvalue weighted by Gasteiger charge is 2.32. The summed E-state index contributed by atoms with van der Waals surface area (Å²) < 4.78 is 13.4. The molecule has 0 radical (unpaired) electrons. The maximum atomic E-state index is 13.4. The summed E-state index contributed by atoms with van der Waals surface area (Å²) in [5.74, 6) is 0.461. The van der Waals surface area contributed by atoms with Crippen molar-refractivity contribution in [2.75, 3.05) is 6.54 Å². The number of benzene rings is 1. The lowest BCUT2D eigenvalue weighted by Gasteiger charge is -2.23. The number of aliphatic hydroxyl groups is 1. The SMILES string of the molecule is O[C@H]1C[C@H](c2cccc(F)c2)N(Cc2ncccn2)C1. The zero-order valence-corrected chi connectivity index (χ0v) is 11.0. The van der Waals surface area contributed by atoms with Crippen LogP contribution in [0.1, 0.15) is 23.9 Å². The fraction of sp³-hybridized carbons (Fsp3) is 0.333. The van der Waals surface area contributed by atoms with Gasteiger partial charge in [0.25, 0.3) is 0 Å². The van der Waals surface area contributed by atoms with Crippen molar-refractivity contribution in [3.8, 4) is 0 Å². The predicted molar refractivity (Wildman–Crippen MR) is 72.2 cm³/mol. The van der Waals surface area contributed by atoms with E-state index in [-0.39, 0.29) is 11.9 Å². The Morgan fingerprint density at radius 3 is 2.80 bits per heavy atom. The van der Waals surface area contributed by atoms with Crippen LogP contribution in [0.2, 0.25) is 0 Å². The zero-order valence-electron chi connectivity index (χ0n) is 11.0. The van der Waals surface area contributed by atoms with E-state index in [1.807, 2.05) is 6.07 Å². The van der Waals surface area contributed by atoms with E-state index < -0.39 is 6.10 Å². The van der Waals surface area contributed by atoms with Gasteiger partial charge in [0.15, 0.2) is 0 Å². The Hall–Kier alpha value is -1.85. The molecule has 0 saturated carbocycles. The highest BCUT2D eigenvalue weighted by atomic mass is 19.1. The van der Waals surface area contributed by atoms with Crippen LogP contribution in [0.4, 0.5) is 4.39 Å². The number of hydrogen-bond donors (Lipinski definition) is 1. The largest absolute Gasteiger partial charge is 0.392 e. The van der Waals surface area contributed by atoms with E-state index in [0.717, 1.165) is 5.56 Å². The summed E-state index contributed by atoms with van der Waals surface area (Å²) in [4.78, 5) is 10.5. The topological polar surface area (TPSA) is 49.2 Å². The summed E-state index contributed by atoms with van der Waals surface area (Å²) in [6.07, 6.45) is 3.61. The van der Waals surface area contributed by atoms with Gasteiger partial charge in [-0.05, 0) is 30.2 Å². The molecular weight excluding hydrogens is 257 g/mol. The standard InChI is InChI=1S/C15H16FN3O/c16-12-4-1-3-11(7-12)14-8-13(20)9-19(14)10-15-17-5-2-6-18-15/h1-7,13-14,20H,8-10H2/t13-,14+/m0/s1. The third-order valence-corrected chi connectivity index (χ3v) is 3.58. The number of rotatable bonds is 3. The molecule has 0 aliphatic carbocycles. The number of hydrogen-bond acceptors (Lipinski definition) is 4. The molecule has 1 saturated heterocycles. The number of aromatic nitrogens is 2. The summed E-state index contributed by atoms with van der Waals surface area (Å²) >= 11 is 0. The summed E-state index contributed by atoms with van der Waals surface area (Å²) in [5, 5.41) is 9.90. The maximum Gasteiger partial charge on any atom is 0.142 e. The van der Waals surface area contributed by atoms with Crippen molar-refractivity contribution >= 4 is 0 Å². The summed E-state index contributed by atoms with van der Waals surface area (Å²) in [7, 11) is 0. The Bertz CT molecular complexity index is 578. The molecule has 0 spiro atoms. The number of nitrogens with zero attached hydrogens (tertiary/aromatic N) is 3. The number of likely N-dealkylation sites (tertiary alicyclic amines) is 1. The minimum Gasteiger partial charge on any atom is -0.392 e. The molecular formula is C15H16FN3O. The number of halogens is 1. The third-order valence-electron chi connectivity index (χ3n) is 3.58. The van der Waals surface area contributed by atoms with Gasteiger partial charge in [0.05, 0.1) is 12.6 Å². The fourth-order valence-electron chi connectivity index (χ4n) is 2.71. The molecule has 1 aromatic heterocycles. The van der Waals surface area contributed by atoms with Crippen LogP contribution in [0.5, 0.6) is 0 Å². The highest BCUT2D eigenvalue weighted by molar-refractivity contribution is 5.22. The van der Waals surface area contributed by atoms with E-state index in [1.54, 1.807) is 24.5 Å². The molecule has 1 fully saturated rings. The molecule has 20 heavy (non-hydrogen) atoms. The first-order valence-electron chi connectivity index (χ1n) is 6.66. The van der Waals surface area contributed by atoms with Gasteiger partial charge in [-0.3, -0.25) is 4.90 Å². The molecule has 2 heterocycles. The van der Waals surface area contributed by atoms with Gasteiger partial charge in [-0.15, -0.1) is 0 Å². The lowest BCUT2D eigenvalue weighted by Crippen LogP contribution is -2.25. The summed E-state index contributed by atoms with van der Waals surface area (Å²) in [6, 6.07) is 8.33. The Balaban J connectivity index is 1.82. The smallest absolute Gasteiger partial charge is 0.142 e. The van der Waals surface area contributed by atoms with E-state index >= 15 is 0 Å². The molecule has 2 aromatic rings. The van der Waals surface area contributed by atoms with Crippen molar-refractivity contribution in [1.29, 1.82) is 0 Å². The van der Waals surface area contributed by atoms with E-state index in [4.69, 9.17) is 0 Å². The molecule has 104 valence electrons. The molecule has 5 heteroatoms. The van der Waals surface area contributed by atoms with E-state index in [1.165, 1.54) is 12.1 Å². The highest BCUT2D eigenvalue weighted by Crippen LogP contribution is 2.33. The van der Waals surface area contributed by atoms with E-state index in [9.17, 15) is 9.50 Å². The minimum atomic E-state index is -0.396. The first-order valence-corrected chi connectivity index (χ1v) is 6.66. The normalized spacial score (nSPS) is 23.1. The first kappa shape index (κ1) is 13.1. The van der Waals surface area contributed by atoms with Gasteiger partial charge in [-0.2, -0.15) is 0 Å². The van der Waals surface area contributed by atoms with Crippen LogP contribution >= 0.6 is 0 Å². The van der Waals surface area contributed by atoms with Crippen LogP contribution in [-0.4, -0.2) is 32.6 Å². The molecule has 1 N–H and O–H groups in total. The predicted octanol–water partition coefficient (Wildman–Crippen LogP) is 1.92. The molecule has 3 rings (SSSR count). The van der Waals surface area contributed by atoms with Gasteiger partial charge in [0.1, 0.15) is 11.6 Å². The minimum absolute atomic E-state index is 0.00417. The van der Waals surface area contributed by atoms with E-state index in [2.05, 4.69) is 14.9 Å². The molecule has 1 aromatic carbocycles. The molecule has 4 nitrogen and oxygen atoms in total. The van der Waals surface area contributed by atoms with Crippen molar-refractivity contribution in [2.24, 2.45) is 0 Å². The maximum absolute atomic E-state index is 13.4. The number of aliphatic hydroxyl groups excluding tert-OH is 1. The molecule has 1 aliphatic rings. The van der Waals surface area contributed by atoms with Crippen molar-refractivity contribution in [3.05, 3.63) is 59.9 Å². The Labute approximate surface area is 116 Å². The molecule has 0 amide bonds. The van der Waals surface area contributed by atoms with Crippen molar-refractivity contribution < 1.29 is 9.50 Å². The quantitative estimate of drug-likeness (QED) is 0.928. The van der Waals surface area contributed by atoms with Crippen LogP contribution in [-0.2, 0) is 6.54 Å². The van der Waals surface area contributed by atoms with Gasteiger partial charge in [0, 0.05) is 25.0 Å². The lowest BCUT2D eigenvalue weighted by atomic mass is 10.0. The summed E-state index contributed by atoms with van der Waals surface area (Å²) in [5.41, 5.74) is 0.887. The van der Waals surface area contributed by atoms with Crippen molar-refractivity contribution in [2.45, 2.75) is 25.1 Å². The Kier molecular flexibility index (Phi) is 3.71. The summed E-state index contributed by atoms with van der Waals surface area (Å²) in [6.45, 7) is 1.11. The molecule has 2 atom stereocenters. The molecule has 1 aliphatic heterocycles. The van der Waals surface area contributed by atoms with Crippen LogP contribution in [0.15, 0.2) is 42.7 Å². The first-order chi connectivity index (χ1) is 9.72. The number of β-amino-alcohol motifs (C(OH)–C–C–N with tert-alkyl or cyclic N) is 1.